The molecule has 1 heterocycles. The van der Waals surface area contributed by atoms with Gasteiger partial charge in [-0.05, 0) is 32.2 Å². The summed E-state index contributed by atoms with van der Waals surface area (Å²) in [5.41, 5.74) is 0. The van der Waals surface area contributed by atoms with Crippen LogP contribution in [0.3, 0.4) is 0 Å². The van der Waals surface area contributed by atoms with Gasteiger partial charge in [-0.2, -0.15) is 11.8 Å². The third kappa shape index (κ3) is 3.10. The summed E-state index contributed by atoms with van der Waals surface area (Å²) < 4.78 is 5.03. The van der Waals surface area contributed by atoms with Gasteiger partial charge in [-0.1, -0.05) is 0 Å². The van der Waals surface area contributed by atoms with Crippen LogP contribution in [0.4, 0.5) is 0 Å². The van der Waals surface area contributed by atoms with Gasteiger partial charge >= 0.3 is 0 Å². The van der Waals surface area contributed by atoms with Crippen LogP contribution >= 0.6 is 11.8 Å². The fourth-order valence-corrected chi connectivity index (χ4v) is 1.08. The molecular weight excluding hydrogens is 198 g/mol. The first-order valence-corrected chi connectivity index (χ1v) is 5.64. The van der Waals surface area contributed by atoms with Crippen molar-refractivity contribution in [1.29, 1.82) is 0 Å². The molecule has 0 radical (unpaired) electrons. The molecule has 0 bridgehead atoms. The lowest BCUT2D eigenvalue weighted by Gasteiger charge is -2.21. The summed E-state index contributed by atoms with van der Waals surface area (Å²) in [5, 5.41) is 2.82. The first-order valence-electron chi connectivity index (χ1n) is 4.42. The number of hydrogen-bond acceptors (Lipinski definition) is 3. The normalized spacial score (nSPS) is 11.4. The second-order valence-corrected chi connectivity index (χ2v) is 5.14. The van der Waals surface area contributed by atoms with E-state index in [2.05, 4.69) is 19.2 Å². The molecule has 0 fully saturated rings. The maximum atomic E-state index is 11.5. The van der Waals surface area contributed by atoms with E-state index in [1.807, 2.05) is 6.26 Å². The van der Waals surface area contributed by atoms with E-state index in [0.29, 0.717) is 12.3 Å². The molecule has 0 spiro atoms. The summed E-state index contributed by atoms with van der Waals surface area (Å²) in [6.07, 6.45) is 3.52. The van der Waals surface area contributed by atoms with Crippen LogP contribution in [0, 0.1) is 0 Å². The van der Waals surface area contributed by atoms with E-state index >= 15 is 0 Å². The van der Waals surface area contributed by atoms with Crippen molar-refractivity contribution in [2.45, 2.75) is 18.6 Å². The smallest absolute Gasteiger partial charge is 0.287 e. The van der Waals surface area contributed by atoms with E-state index in [-0.39, 0.29) is 10.7 Å². The summed E-state index contributed by atoms with van der Waals surface area (Å²) in [6, 6.07) is 3.36. The van der Waals surface area contributed by atoms with Gasteiger partial charge in [0.1, 0.15) is 0 Å². The Morgan fingerprint density at radius 1 is 1.64 bits per heavy atom. The van der Waals surface area contributed by atoms with Crippen molar-refractivity contribution in [3.8, 4) is 0 Å². The summed E-state index contributed by atoms with van der Waals surface area (Å²) in [6.45, 7) is 4.80. The molecule has 1 amide bonds. The SMILES string of the molecule is CSC(C)(C)CNC(=O)c1ccco1. The highest BCUT2D eigenvalue weighted by Crippen LogP contribution is 2.19. The highest BCUT2D eigenvalue weighted by molar-refractivity contribution is 7.99. The first kappa shape index (κ1) is 11.2. The third-order valence-corrected chi connectivity index (χ3v) is 3.22. The minimum absolute atomic E-state index is 0.0578. The van der Waals surface area contributed by atoms with Crippen LogP contribution < -0.4 is 5.32 Å². The van der Waals surface area contributed by atoms with Crippen molar-refractivity contribution in [3.63, 3.8) is 0 Å². The van der Waals surface area contributed by atoms with E-state index in [4.69, 9.17) is 4.42 Å². The van der Waals surface area contributed by atoms with Gasteiger partial charge in [0.25, 0.3) is 5.91 Å². The van der Waals surface area contributed by atoms with Gasteiger partial charge in [-0.3, -0.25) is 4.79 Å². The Morgan fingerprint density at radius 2 is 2.36 bits per heavy atom. The van der Waals surface area contributed by atoms with Crippen LogP contribution in [0.2, 0.25) is 0 Å². The Hall–Kier alpha value is -0.900. The predicted molar refractivity (Wildman–Crippen MR) is 58.6 cm³/mol. The van der Waals surface area contributed by atoms with E-state index in [1.165, 1.54) is 6.26 Å². The molecule has 0 unspecified atom stereocenters. The van der Waals surface area contributed by atoms with Crippen molar-refractivity contribution < 1.29 is 9.21 Å². The number of rotatable bonds is 4. The van der Waals surface area contributed by atoms with Gasteiger partial charge in [0.2, 0.25) is 0 Å². The zero-order chi connectivity index (χ0) is 10.6. The molecule has 14 heavy (non-hydrogen) atoms. The van der Waals surface area contributed by atoms with Crippen LogP contribution in [-0.4, -0.2) is 23.5 Å². The summed E-state index contributed by atoms with van der Waals surface area (Å²) >= 11 is 1.72. The molecule has 0 saturated heterocycles. The highest BCUT2D eigenvalue weighted by atomic mass is 32.2. The van der Waals surface area contributed by atoms with Gasteiger partial charge in [-0.25, -0.2) is 0 Å². The maximum absolute atomic E-state index is 11.5. The van der Waals surface area contributed by atoms with E-state index in [1.54, 1.807) is 23.9 Å². The molecule has 1 N–H and O–H groups in total. The maximum Gasteiger partial charge on any atom is 0.287 e. The molecular formula is C10H15NO2S. The van der Waals surface area contributed by atoms with Gasteiger partial charge in [0, 0.05) is 11.3 Å². The summed E-state index contributed by atoms with van der Waals surface area (Å²) in [5.74, 6) is 0.207. The second kappa shape index (κ2) is 4.55. The number of furan rings is 1. The quantitative estimate of drug-likeness (QED) is 0.833. The van der Waals surface area contributed by atoms with E-state index in [9.17, 15) is 4.79 Å². The number of hydrogen-bond donors (Lipinski definition) is 1. The van der Waals surface area contributed by atoms with Crippen molar-refractivity contribution in [2.75, 3.05) is 12.8 Å². The fourth-order valence-electron chi connectivity index (χ4n) is 0.860. The minimum Gasteiger partial charge on any atom is -0.459 e. The average molecular weight is 213 g/mol. The Bertz CT molecular complexity index is 293. The lowest BCUT2D eigenvalue weighted by molar-refractivity contribution is 0.0923. The molecule has 0 aliphatic carbocycles. The van der Waals surface area contributed by atoms with Crippen molar-refractivity contribution >= 4 is 17.7 Å². The van der Waals surface area contributed by atoms with Crippen LogP contribution in [0.1, 0.15) is 24.4 Å². The second-order valence-electron chi connectivity index (χ2n) is 3.62. The van der Waals surface area contributed by atoms with Gasteiger partial charge in [0.15, 0.2) is 5.76 Å². The molecule has 0 saturated carbocycles. The Balaban J connectivity index is 2.43. The number of thioether (sulfide) groups is 1. The van der Waals surface area contributed by atoms with Crippen LogP contribution in [0.25, 0.3) is 0 Å². The molecule has 4 heteroatoms. The molecule has 0 aromatic carbocycles. The van der Waals surface area contributed by atoms with Crippen LogP contribution in [0.15, 0.2) is 22.8 Å². The Morgan fingerprint density at radius 3 is 2.86 bits per heavy atom. The monoisotopic (exact) mass is 213 g/mol. The van der Waals surface area contributed by atoms with E-state index in [0.717, 1.165) is 0 Å². The molecule has 0 aliphatic heterocycles. The predicted octanol–water partition coefficient (Wildman–Crippen LogP) is 2.15. The third-order valence-electron chi connectivity index (χ3n) is 1.97. The standard InChI is InChI=1S/C10H15NO2S/c1-10(2,14-3)7-11-9(12)8-5-4-6-13-8/h4-6H,7H2,1-3H3,(H,11,12). The van der Waals surface area contributed by atoms with Crippen LogP contribution in [-0.2, 0) is 0 Å². The zero-order valence-corrected chi connectivity index (χ0v) is 9.48. The van der Waals surface area contributed by atoms with Crippen molar-refractivity contribution in [2.24, 2.45) is 0 Å². The minimum atomic E-state index is -0.155. The average Bonchev–Trinajstić information content (AvgIpc) is 2.67. The number of carbonyl (C=O) groups is 1. The molecule has 1 aromatic heterocycles. The Labute approximate surface area is 88.2 Å². The summed E-state index contributed by atoms with van der Waals surface area (Å²) in [4.78, 5) is 11.5. The highest BCUT2D eigenvalue weighted by Gasteiger charge is 2.18. The molecule has 3 nitrogen and oxygen atoms in total. The number of carbonyl (C=O) groups excluding carboxylic acids is 1. The molecule has 1 aromatic rings. The zero-order valence-electron chi connectivity index (χ0n) is 8.66. The van der Waals surface area contributed by atoms with Crippen molar-refractivity contribution in [1.82, 2.24) is 5.32 Å². The fraction of sp³-hybridized carbons (Fsp3) is 0.500. The summed E-state index contributed by atoms with van der Waals surface area (Å²) in [7, 11) is 0. The first-order chi connectivity index (χ1) is 6.55. The van der Waals surface area contributed by atoms with Gasteiger partial charge in [0.05, 0.1) is 6.26 Å². The molecule has 1 rings (SSSR count). The lowest BCUT2D eigenvalue weighted by Crippen LogP contribution is -2.35. The van der Waals surface area contributed by atoms with Crippen LogP contribution in [0.5, 0.6) is 0 Å². The topological polar surface area (TPSA) is 42.2 Å². The molecule has 0 aliphatic rings. The van der Waals surface area contributed by atoms with Gasteiger partial charge < -0.3 is 9.73 Å². The number of nitrogens with one attached hydrogen (secondary N) is 1. The number of amides is 1. The Kier molecular flexibility index (Phi) is 3.63. The molecule has 78 valence electrons. The largest absolute Gasteiger partial charge is 0.459 e. The lowest BCUT2D eigenvalue weighted by atomic mass is 10.2. The molecule has 0 atom stereocenters. The van der Waals surface area contributed by atoms with Gasteiger partial charge in [-0.15, -0.1) is 0 Å². The van der Waals surface area contributed by atoms with Crippen molar-refractivity contribution in [3.05, 3.63) is 24.2 Å². The van der Waals surface area contributed by atoms with E-state index < -0.39 is 0 Å².